The van der Waals surface area contributed by atoms with Gasteiger partial charge < -0.3 is 14.2 Å². The highest BCUT2D eigenvalue weighted by atomic mass is 19.1. The lowest BCUT2D eigenvalue weighted by atomic mass is 9.84. The van der Waals surface area contributed by atoms with Crippen LogP contribution in [0.1, 0.15) is 50.9 Å². The van der Waals surface area contributed by atoms with E-state index in [1.54, 1.807) is 4.90 Å². The normalized spacial score (nSPS) is 14.8. The Hall–Kier alpha value is -3.19. The third-order valence-electron chi connectivity index (χ3n) is 6.37. The van der Waals surface area contributed by atoms with Gasteiger partial charge in [0.2, 0.25) is 0 Å². The summed E-state index contributed by atoms with van der Waals surface area (Å²) >= 11 is 0. The van der Waals surface area contributed by atoms with Crippen LogP contribution in [0.5, 0.6) is 0 Å². The Kier molecular flexibility index (Phi) is 7.55. The standard InChI is InChI=1S/C28H33F2N3O2/c1-28(2,3)26(31-19-35-27(34)32-13-7-8-14-32)25-15-21(23-16-22(29)11-12-24(23)30)18-33(25)17-20-9-5-4-6-10-20/h4-6,9-12,15-16,18,26,31H,7-8,13-14,17,19H2,1-3H3/t26-/m0/s1. The number of hydrogen-bond donors (Lipinski definition) is 1. The van der Waals surface area contributed by atoms with Crippen LogP contribution in [0.4, 0.5) is 13.6 Å². The second-order valence-electron chi connectivity index (χ2n) is 10.1. The summed E-state index contributed by atoms with van der Waals surface area (Å²) in [6, 6.07) is 15.1. The van der Waals surface area contributed by atoms with Crippen molar-refractivity contribution in [1.29, 1.82) is 0 Å². The molecule has 1 saturated heterocycles. The number of halogens is 2. The quantitative estimate of drug-likeness (QED) is 0.400. The summed E-state index contributed by atoms with van der Waals surface area (Å²) in [4.78, 5) is 14.1. The zero-order chi connectivity index (χ0) is 25.0. The Morgan fingerprint density at radius 3 is 2.46 bits per heavy atom. The van der Waals surface area contributed by atoms with E-state index in [1.807, 2.05) is 42.6 Å². The number of nitrogens with one attached hydrogen (secondary N) is 1. The largest absolute Gasteiger partial charge is 0.433 e. The molecule has 4 rings (SSSR count). The van der Waals surface area contributed by atoms with Gasteiger partial charge in [-0.3, -0.25) is 5.32 Å². The topological polar surface area (TPSA) is 46.5 Å². The predicted octanol–water partition coefficient (Wildman–Crippen LogP) is 6.35. The Balaban J connectivity index is 1.65. The second kappa shape index (κ2) is 10.6. The van der Waals surface area contributed by atoms with E-state index >= 15 is 0 Å². The minimum absolute atomic E-state index is 0.0530. The number of ether oxygens (including phenoxy) is 1. The summed E-state index contributed by atoms with van der Waals surface area (Å²) in [6.07, 6.45) is 3.54. The first-order valence-electron chi connectivity index (χ1n) is 12.1. The SMILES string of the molecule is CC(C)(C)[C@@H](NCOC(=O)N1CCCC1)c1cc(-c2cc(F)ccc2F)cn1Cc1ccccc1. The number of carbonyl (C=O) groups is 1. The monoisotopic (exact) mass is 481 g/mol. The van der Waals surface area contributed by atoms with Gasteiger partial charge >= 0.3 is 6.09 Å². The maximum atomic E-state index is 14.6. The molecule has 0 aliphatic carbocycles. The van der Waals surface area contributed by atoms with Crippen LogP contribution in [0.2, 0.25) is 0 Å². The lowest BCUT2D eigenvalue weighted by Gasteiger charge is -2.33. The van der Waals surface area contributed by atoms with Crippen molar-refractivity contribution in [2.75, 3.05) is 19.8 Å². The van der Waals surface area contributed by atoms with Crippen LogP contribution in [0.25, 0.3) is 11.1 Å². The molecule has 186 valence electrons. The van der Waals surface area contributed by atoms with E-state index in [0.29, 0.717) is 12.1 Å². The molecule has 35 heavy (non-hydrogen) atoms. The van der Waals surface area contributed by atoms with Crippen molar-refractivity contribution in [3.8, 4) is 11.1 Å². The van der Waals surface area contributed by atoms with E-state index in [9.17, 15) is 13.6 Å². The first kappa shape index (κ1) is 24.9. The molecular weight excluding hydrogens is 448 g/mol. The number of benzene rings is 2. The van der Waals surface area contributed by atoms with E-state index in [4.69, 9.17) is 4.74 Å². The molecule has 5 nitrogen and oxygen atoms in total. The van der Waals surface area contributed by atoms with Crippen LogP contribution in [0.3, 0.4) is 0 Å². The molecule has 2 heterocycles. The van der Waals surface area contributed by atoms with Crippen LogP contribution >= 0.6 is 0 Å². The predicted molar refractivity (Wildman–Crippen MR) is 133 cm³/mol. The third kappa shape index (κ3) is 6.09. The molecule has 0 bridgehead atoms. The Bertz CT molecular complexity index is 1150. The van der Waals surface area contributed by atoms with Crippen molar-refractivity contribution in [3.05, 3.63) is 83.7 Å². The van der Waals surface area contributed by atoms with Gasteiger partial charge in [-0.25, -0.2) is 13.6 Å². The van der Waals surface area contributed by atoms with Gasteiger partial charge in [-0.05, 0) is 48.1 Å². The lowest BCUT2D eigenvalue weighted by Crippen LogP contribution is -2.38. The molecule has 0 radical (unpaired) electrons. The molecule has 3 aromatic rings. The number of aromatic nitrogens is 1. The highest BCUT2D eigenvalue weighted by molar-refractivity contribution is 5.68. The van der Waals surface area contributed by atoms with Crippen molar-refractivity contribution in [1.82, 2.24) is 14.8 Å². The summed E-state index contributed by atoms with van der Waals surface area (Å²) in [5.41, 5.74) is 2.54. The highest BCUT2D eigenvalue weighted by Crippen LogP contribution is 2.37. The van der Waals surface area contributed by atoms with Crippen molar-refractivity contribution in [2.24, 2.45) is 5.41 Å². The van der Waals surface area contributed by atoms with Crippen LogP contribution in [0, 0.1) is 17.0 Å². The molecule has 1 amide bonds. The molecule has 1 fully saturated rings. The molecule has 1 aromatic heterocycles. The van der Waals surface area contributed by atoms with E-state index in [-0.39, 0.29) is 29.8 Å². The third-order valence-corrected chi connectivity index (χ3v) is 6.37. The van der Waals surface area contributed by atoms with Gasteiger partial charge in [-0.1, -0.05) is 51.1 Å². The Morgan fingerprint density at radius 1 is 1.06 bits per heavy atom. The van der Waals surface area contributed by atoms with Gasteiger partial charge in [-0.2, -0.15) is 0 Å². The van der Waals surface area contributed by atoms with Crippen LogP contribution in [0.15, 0.2) is 60.8 Å². The van der Waals surface area contributed by atoms with Gasteiger partial charge in [0, 0.05) is 42.7 Å². The first-order chi connectivity index (χ1) is 16.7. The van der Waals surface area contributed by atoms with E-state index in [0.717, 1.165) is 49.3 Å². The number of carbonyl (C=O) groups excluding carboxylic acids is 1. The molecule has 1 atom stereocenters. The van der Waals surface area contributed by atoms with Gasteiger partial charge in [0.15, 0.2) is 0 Å². The van der Waals surface area contributed by atoms with Crippen molar-refractivity contribution < 1.29 is 18.3 Å². The molecule has 0 unspecified atom stereocenters. The van der Waals surface area contributed by atoms with Crippen LogP contribution < -0.4 is 5.32 Å². The van der Waals surface area contributed by atoms with Gasteiger partial charge in [0.1, 0.15) is 18.4 Å². The molecular formula is C28H33F2N3O2. The summed E-state index contributed by atoms with van der Waals surface area (Å²) < 4.78 is 36.2. The number of nitrogens with zero attached hydrogens (tertiary/aromatic N) is 2. The first-order valence-corrected chi connectivity index (χ1v) is 12.1. The minimum Gasteiger partial charge on any atom is -0.433 e. The number of likely N-dealkylation sites (tertiary alicyclic amines) is 1. The maximum Gasteiger partial charge on any atom is 0.411 e. The minimum atomic E-state index is -0.488. The average molecular weight is 482 g/mol. The zero-order valence-electron chi connectivity index (χ0n) is 20.6. The summed E-state index contributed by atoms with van der Waals surface area (Å²) in [7, 11) is 0. The molecule has 7 heteroatoms. The van der Waals surface area contributed by atoms with E-state index < -0.39 is 11.6 Å². The lowest BCUT2D eigenvalue weighted by molar-refractivity contribution is 0.0891. The molecule has 1 aliphatic rings. The number of amides is 1. The molecule has 1 N–H and O–H groups in total. The maximum absolute atomic E-state index is 14.6. The molecule has 2 aromatic carbocycles. The second-order valence-corrected chi connectivity index (χ2v) is 10.1. The fourth-order valence-corrected chi connectivity index (χ4v) is 4.59. The molecule has 0 spiro atoms. The van der Waals surface area contributed by atoms with Crippen LogP contribution in [-0.2, 0) is 11.3 Å². The Morgan fingerprint density at radius 2 is 1.77 bits per heavy atom. The van der Waals surface area contributed by atoms with Crippen molar-refractivity contribution in [3.63, 3.8) is 0 Å². The van der Waals surface area contributed by atoms with Gasteiger partial charge in [0.05, 0.1) is 6.04 Å². The number of rotatable bonds is 7. The smallest absolute Gasteiger partial charge is 0.411 e. The van der Waals surface area contributed by atoms with E-state index in [2.05, 4.69) is 30.7 Å². The summed E-state index contributed by atoms with van der Waals surface area (Å²) in [5, 5.41) is 3.39. The Labute approximate surface area is 205 Å². The summed E-state index contributed by atoms with van der Waals surface area (Å²) in [5.74, 6) is -0.965. The number of hydrogen-bond acceptors (Lipinski definition) is 3. The molecule has 1 aliphatic heterocycles. The summed E-state index contributed by atoms with van der Waals surface area (Å²) in [6.45, 7) is 8.35. The zero-order valence-corrected chi connectivity index (χ0v) is 20.6. The van der Waals surface area contributed by atoms with Crippen molar-refractivity contribution in [2.45, 2.75) is 46.2 Å². The highest BCUT2D eigenvalue weighted by Gasteiger charge is 2.30. The van der Waals surface area contributed by atoms with Crippen molar-refractivity contribution >= 4 is 6.09 Å². The van der Waals surface area contributed by atoms with Gasteiger partial charge in [-0.15, -0.1) is 0 Å². The fraction of sp³-hybridized carbons (Fsp3) is 0.393. The van der Waals surface area contributed by atoms with E-state index in [1.165, 1.54) is 6.07 Å². The average Bonchev–Trinajstić information content (AvgIpc) is 3.49. The molecule has 0 saturated carbocycles. The van der Waals surface area contributed by atoms with Crippen LogP contribution in [-0.4, -0.2) is 35.4 Å². The van der Waals surface area contributed by atoms with Gasteiger partial charge in [0.25, 0.3) is 0 Å². The fourth-order valence-electron chi connectivity index (χ4n) is 4.59.